The molecule has 0 amide bonds. The van der Waals surface area contributed by atoms with Gasteiger partial charge in [0, 0.05) is 5.57 Å². The Labute approximate surface area is 132 Å². The van der Waals surface area contributed by atoms with Crippen LogP contribution in [-0.4, -0.2) is 29.0 Å². The molecule has 5 nitrogen and oxygen atoms in total. The molecule has 0 aromatic heterocycles. The van der Waals surface area contributed by atoms with E-state index in [0.29, 0.717) is 29.4 Å². The van der Waals surface area contributed by atoms with Crippen molar-refractivity contribution < 1.29 is 23.0 Å². The zero-order valence-electron chi connectivity index (χ0n) is 12.7. The van der Waals surface area contributed by atoms with Gasteiger partial charge in [0.2, 0.25) is 5.76 Å². The molecule has 0 spiro atoms. The third-order valence-corrected chi connectivity index (χ3v) is 4.49. The largest absolute Gasteiger partial charge is 0.486 e. The van der Waals surface area contributed by atoms with Crippen LogP contribution in [0.4, 0.5) is 0 Å². The molecule has 2 rings (SSSR count). The summed E-state index contributed by atoms with van der Waals surface area (Å²) in [4.78, 5) is 12.0. The van der Waals surface area contributed by atoms with E-state index in [9.17, 15) is 14.1 Å². The van der Waals surface area contributed by atoms with Crippen LogP contribution in [0.15, 0.2) is 34.9 Å². The Morgan fingerprint density at radius 1 is 1.32 bits per heavy atom. The average molecular weight is 324 g/mol. The Balaban J connectivity index is 2.27. The number of ether oxygens (including phenoxy) is 1. The monoisotopic (exact) mass is 324 g/mol. The van der Waals surface area contributed by atoms with Gasteiger partial charge < -0.3 is 9.84 Å². The van der Waals surface area contributed by atoms with Crippen LogP contribution in [0.25, 0.3) is 5.57 Å². The van der Waals surface area contributed by atoms with E-state index in [1.165, 1.54) is 7.11 Å². The maximum Gasteiger partial charge on any atom is 0.371 e. The highest BCUT2D eigenvalue weighted by Gasteiger charge is 2.25. The zero-order chi connectivity index (χ0) is 16.1. The Morgan fingerprint density at radius 3 is 2.41 bits per heavy atom. The number of allylic oxidation sites excluding steroid dienone is 1. The van der Waals surface area contributed by atoms with Gasteiger partial charge in [-0.1, -0.05) is 19.1 Å². The maximum absolute atomic E-state index is 11.5. The van der Waals surface area contributed by atoms with Crippen LogP contribution >= 0.6 is 0 Å². The molecule has 0 bridgehead atoms. The lowest BCUT2D eigenvalue weighted by atomic mass is 10.0. The Bertz CT molecular complexity index is 587. The molecule has 1 aliphatic carbocycles. The average Bonchev–Trinajstić information content (AvgIpc) is 3.34. The molecular weight excluding hydrogens is 304 g/mol. The van der Waals surface area contributed by atoms with E-state index >= 15 is 0 Å². The van der Waals surface area contributed by atoms with Crippen molar-refractivity contribution in [3.63, 3.8) is 0 Å². The molecular formula is C16H20O5S. The van der Waals surface area contributed by atoms with Gasteiger partial charge in [0.25, 0.3) is 0 Å². The molecule has 1 fully saturated rings. The quantitative estimate of drug-likeness (QED) is 0.588. The van der Waals surface area contributed by atoms with E-state index in [-0.39, 0.29) is 5.76 Å². The van der Waals surface area contributed by atoms with Gasteiger partial charge in [0.1, 0.15) is 0 Å². The Hall–Kier alpha value is -1.66. The summed E-state index contributed by atoms with van der Waals surface area (Å²) in [6.45, 7) is 2.34. The van der Waals surface area contributed by atoms with Crippen LogP contribution in [-0.2, 0) is 24.8 Å². The number of benzene rings is 1. The second kappa shape index (κ2) is 7.56. The molecule has 6 heteroatoms. The summed E-state index contributed by atoms with van der Waals surface area (Å²) in [6.07, 6.45) is 2.75. The van der Waals surface area contributed by atoms with Crippen molar-refractivity contribution >= 4 is 22.6 Å². The molecule has 1 aliphatic rings. The number of carboxylic acids is 1. The first kappa shape index (κ1) is 16.7. The summed E-state index contributed by atoms with van der Waals surface area (Å²) in [5.41, 5.74) is 1.40. The molecule has 120 valence electrons. The Morgan fingerprint density at radius 2 is 1.95 bits per heavy atom. The van der Waals surface area contributed by atoms with Crippen molar-refractivity contribution in [3.8, 4) is 0 Å². The van der Waals surface area contributed by atoms with Crippen molar-refractivity contribution in [2.45, 2.75) is 31.1 Å². The number of hydrogen-bond acceptors (Lipinski definition) is 4. The molecule has 1 atom stereocenters. The third kappa shape index (κ3) is 4.18. The lowest BCUT2D eigenvalue weighted by Gasteiger charge is -2.13. The minimum absolute atomic E-state index is 0.00927. The summed E-state index contributed by atoms with van der Waals surface area (Å²) in [5.74, 6) is -0.559. The molecule has 0 aliphatic heterocycles. The van der Waals surface area contributed by atoms with E-state index in [4.69, 9.17) is 8.92 Å². The minimum Gasteiger partial charge on any atom is -0.486 e. The summed E-state index contributed by atoms with van der Waals surface area (Å²) >= 11 is -1.50. The lowest BCUT2D eigenvalue weighted by Crippen LogP contribution is -2.10. The molecule has 1 N–H and O–H groups in total. The van der Waals surface area contributed by atoms with Crippen molar-refractivity contribution in [1.82, 2.24) is 0 Å². The molecule has 0 saturated heterocycles. The summed E-state index contributed by atoms with van der Waals surface area (Å²) in [7, 11) is 1.37. The number of rotatable bonds is 8. The highest BCUT2D eigenvalue weighted by atomic mass is 32.2. The highest BCUT2D eigenvalue weighted by Crippen LogP contribution is 2.31. The van der Waals surface area contributed by atoms with Gasteiger partial charge in [0.05, 0.1) is 18.6 Å². The molecule has 0 radical (unpaired) electrons. The molecule has 1 aromatic rings. The van der Waals surface area contributed by atoms with Gasteiger partial charge in [-0.25, -0.2) is 9.00 Å². The second-order valence-corrected chi connectivity index (χ2v) is 6.42. The fourth-order valence-corrected chi connectivity index (χ4v) is 2.67. The predicted octanol–water partition coefficient (Wildman–Crippen LogP) is 2.99. The maximum atomic E-state index is 11.5. The topological polar surface area (TPSA) is 72.8 Å². The zero-order valence-corrected chi connectivity index (χ0v) is 13.5. The standard InChI is InChI=1S/C16H20O5S/c1-3-14(15(16(17)18)21-10-11-4-5-11)12-6-8-13(9-7-12)22(19)20-2/h6-9,11H,3-5,10H2,1-2H3,(H,17,18)/b15-14-. The third-order valence-electron chi connectivity index (χ3n) is 3.53. The summed E-state index contributed by atoms with van der Waals surface area (Å²) in [5, 5.41) is 9.40. The van der Waals surface area contributed by atoms with E-state index in [0.717, 1.165) is 18.4 Å². The SMILES string of the molecule is CC/C(=C(/OCC1CC1)C(=O)O)c1ccc(S(=O)OC)cc1. The van der Waals surface area contributed by atoms with Crippen molar-refractivity contribution in [3.05, 3.63) is 35.6 Å². The van der Waals surface area contributed by atoms with E-state index in [2.05, 4.69) is 0 Å². The van der Waals surface area contributed by atoms with Gasteiger partial charge in [0.15, 0.2) is 11.1 Å². The van der Waals surface area contributed by atoms with Gasteiger partial charge in [-0.15, -0.1) is 0 Å². The van der Waals surface area contributed by atoms with Crippen LogP contribution in [0.3, 0.4) is 0 Å². The van der Waals surface area contributed by atoms with E-state index in [1.54, 1.807) is 24.3 Å². The molecule has 1 saturated carbocycles. The van der Waals surface area contributed by atoms with Crippen molar-refractivity contribution in [2.24, 2.45) is 5.92 Å². The fourth-order valence-electron chi connectivity index (χ4n) is 2.12. The van der Waals surface area contributed by atoms with Crippen molar-refractivity contribution in [1.29, 1.82) is 0 Å². The molecule has 1 aromatic carbocycles. The summed E-state index contributed by atoms with van der Waals surface area (Å²) in [6, 6.07) is 6.83. The molecule has 22 heavy (non-hydrogen) atoms. The number of aliphatic carboxylic acids is 1. The molecule has 1 unspecified atom stereocenters. The van der Waals surface area contributed by atoms with Gasteiger partial charge in [-0.3, -0.25) is 4.18 Å². The van der Waals surface area contributed by atoms with E-state index in [1.807, 2.05) is 6.92 Å². The fraction of sp³-hybridized carbons (Fsp3) is 0.438. The first-order valence-corrected chi connectivity index (χ1v) is 8.30. The highest BCUT2D eigenvalue weighted by molar-refractivity contribution is 7.80. The number of carbonyl (C=O) groups is 1. The first-order valence-electron chi connectivity index (χ1n) is 7.22. The van der Waals surface area contributed by atoms with Crippen LogP contribution < -0.4 is 0 Å². The van der Waals surface area contributed by atoms with E-state index < -0.39 is 17.0 Å². The number of hydrogen-bond donors (Lipinski definition) is 1. The second-order valence-electron chi connectivity index (χ2n) is 5.15. The smallest absolute Gasteiger partial charge is 0.371 e. The Kier molecular flexibility index (Phi) is 5.74. The molecule has 0 heterocycles. The van der Waals surface area contributed by atoms with Gasteiger partial charge in [-0.05, 0) is 42.9 Å². The number of carboxylic acid groups (broad SMARTS) is 1. The lowest BCUT2D eigenvalue weighted by molar-refractivity contribution is -0.136. The van der Waals surface area contributed by atoms with Crippen LogP contribution in [0.1, 0.15) is 31.7 Å². The first-order chi connectivity index (χ1) is 10.6. The van der Waals surface area contributed by atoms with Crippen LogP contribution in [0, 0.1) is 5.92 Å². The van der Waals surface area contributed by atoms with Crippen LogP contribution in [0.5, 0.6) is 0 Å². The van der Waals surface area contributed by atoms with Crippen molar-refractivity contribution in [2.75, 3.05) is 13.7 Å². The van der Waals surface area contributed by atoms with Gasteiger partial charge in [-0.2, -0.15) is 0 Å². The van der Waals surface area contributed by atoms with Gasteiger partial charge >= 0.3 is 5.97 Å². The summed E-state index contributed by atoms with van der Waals surface area (Å²) < 4.78 is 21.8. The van der Waals surface area contributed by atoms with Crippen LogP contribution in [0.2, 0.25) is 0 Å². The normalized spacial score (nSPS) is 16.8. The predicted molar refractivity (Wildman–Crippen MR) is 83.4 cm³/mol. The minimum atomic E-state index is -1.50.